The molecule has 116 valence electrons. The molecule has 0 aliphatic carbocycles. The van der Waals surface area contributed by atoms with Crippen LogP contribution in [-0.2, 0) is 4.79 Å². The van der Waals surface area contributed by atoms with Gasteiger partial charge in [0.25, 0.3) is 0 Å². The molecule has 0 radical (unpaired) electrons. The van der Waals surface area contributed by atoms with E-state index in [0.717, 1.165) is 43.9 Å². The van der Waals surface area contributed by atoms with Crippen molar-refractivity contribution in [3.8, 4) is 0 Å². The van der Waals surface area contributed by atoms with Crippen molar-refractivity contribution >= 4 is 23.8 Å². The molecule has 1 aliphatic rings. The molecule has 0 aromatic carbocycles. The Balaban J connectivity index is 2.21. The lowest BCUT2D eigenvalue weighted by Crippen LogP contribution is -2.44. The predicted octanol–water partition coefficient (Wildman–Crippen LogP) is 2.41. The molecule has 1 rings (SSSR count). The van der Waals surface area contributed by atoms with Crippen LogP contribution in [0.25, 0.3) is 0 Å². The quantitative estimate of drug-likeness (QED) is 0.790. The third kappa shape index (κ3) is 6.50. The second-order valence-electron chi connectivity index (χ2n) is 5.47. The van der Waals surface area contributed by atoms with Crippen LogP contribution in [0.2, 0.25) is 0 Å². The van der Waals surface area contributed by atoms with Crippen LogP contribution in [0.15, 0.2) is 0 Å². The van der Waals surface area contributed by atoms with Crippen molar-refractivity contribution < 1.29 is 14.7 Å². The maximum atomic E-state index is 12.1. The number of carboxylic acids is 1. The zero-order chi connectivity index (χ0) is 15.0. The van der Waals surface area contributed by atoms with E-state index in [1.54, 1.807) is 6.92 Å². The number of carbonyl (C=O) groups is 2. The third-order valence-corrected chi connectivity index (χ3v) is 4.62. The minimum Gasteiger partial charge on any atom is -0.481 e. The Hall–Kier alpha value is -0.910. The zero-order valence-corrected chi connectivity index (χ0v) is 13.2. The molecule has 1 aliphatic heterocycles. The van der Waals surface area contributed by atoms with Crippen molar-refractivity contribution in [1.82, 2.24) is 10.2 Å². The molecule has 2 amide bonds. The summed E-state index contributed by atoms with van der Waals surface area (Å²) >= 11 is 1.90. The van der Waals surface area contributed by atoms with Crippen LogP contribution < -0.4 is 5.32 Å². The van der Waals surface area contributed by atoms with Gasteiger partial charge in [-0.15, -0.1) is 0 Å². The Kier molecular flexibility index (Phi) is 7.80. The third-order valence-electron chi connectivity index (χ3n) is 3.58. The van der Waals surface area contributed by atoms with Crippen molar-refractivity contribution in [3.63, 3.8) is 0 Å². The summed E-state index contributed by atoms with van der Waals surface area (Å²) < 4.78 is 0. The summed E-state index contributed by atoms with van der Waals surface area (Å²) in [4.78, 5) is 24.7. The Labute approximate surface area is 125 Å². The first-order valence-electron chi connectivity index (χ1n) is 7.36. The standard InChI is InChI=1S/C14H26N2O3S/c1-11(13(17)18)5-3-6-12(2)15-14(19)16-7-4-9-20-10-8-16/h11-12H,3-10H2,1-2H3,(H,15,19)(H,17,18). The number of hydrogen-bond donors (Lipinski definition) is 2. The van der Waals surface area contributed by atoms with E-state index in [1.165, 1.54) is 0 Å². The highest BCUT2D eigenvalue weighted by Gasteiger charge is 2.17. The molecule has 0 aromatic rings. The van der Waals surface area contributed by atoms with Crippen LogP contribution in [0.5, 0.6) is 0 Å². The molecular formula is C14H26N2O3S. The molecule has 1 saturated heterocycles. The van der Waals surface area contributed by atoms with Crippen LogP contribution in [0.4, 0.5) is 4.79 Å². The molecule has 0 bridgehead atoms. The number of hydrogen-bond acceptors (Lipinski definition) is 3. The summed E-state index contributed by atoms with van der Waals surface area (Å²) in [6, 6.07) is 0.116. The van der Waals surface area contributed by atoms with Gasteiger partial charge in [0, 0.05) is 24.9 Å². The molecule has 20 heavy (non-hydrogen) atoms. The maximum Gasteiger partial charge on any atom is 0.317 e. The maximum absolute atomic E-state index is 12.1. The predicted molar refractivity (Wildman–Crippen MR) is 82.2 cm³/mol. The van der Waals surface area contributed by atoms with E-state index in [2.05, 4.69) is 5.32 Å². The zero-order valence-electron chi connectivity index (χ0n) is 12.4. The second-order valence-corrected chi connectivity index (χ2v) is 6.70. The normalized spacial score (nSPS) is 19.0. The van der Waals surface area contributed by atoms with Crippen molar-refractivity contribution in [2.45, 2.75) is 45.6 Å². The van der Waals surface area contributed by atoms with E-state index in [-0.39, 0.29) is 18.0 Å². The highest BCUT2D eigenvalue weighted by molar-refractivity contribution is 7.99. The van der Waals surface area contributed by atoms with E-state index < -0.39 is 5.97 Å². The van der Waals surface area contributed by atoms with Gasteiger partial charge in [0.05, 0.1) is 5.92 Å². The number of nitrogens with one attached hydrogen (secondary N) is 1. The van der Waals surface area contributed by atoms with Crippen molar-refractivity contribution in [3.05, 3.63) is 0 Å². The largest absolute Gasteiger partial charge is 0.481 e. The number of nitrogens with zero attached hydrogens (tertiary/aromatic N) is 1. The van der Waals surface area contributed by atoms with Crippen LogP contribution in [-0.4, -0.2) is 52.6 Å². The van der Waals surface area contributed by atoms with Gasteiger partial charge in [-0.05, 0) is 31.9 Å². The van der Waals surface area contributed by atoms with Crippen LogP contribution in [0.3, 0.4) is 0 Å². The van der Waals surface area contributed by atoms with Crippen LogP contribution in [0.1, 0.15) is 39.5 Å². The minimum atomic E-state index is -0.747. The summed E-state index contributed by atoms with van der Waals surface area (Å²) in [5, 5.41) is 11.8. The highest BCUT2D eigenvalue weighted by atomic mass is 32.2. The SMILES string of the molecule is CC(CCCC(C)C(=O)O)NC(=O)N1CCCSCC1. The van der Waals surface area contributed by atoms with Gasteiger partial charge in [0.2, 0.25) is 0 Å². The van der Waals surface area contributed by atoms with Gasteiger partial charge in [-0.2, -0.15) is 11.8 Å². The summed E-state index contributed by atoms with van der Waals surface area (Å²) in [6.45, 7) is 5.36. The van der Waals surface area contributed by atoms with E-state index in [9.17, 15) is 9.59 Å². The lowest BCUT2D eigenvalue weighted by atomic mass is 10.0. The van der Waals surface area contributed by atoms with Crippen molar-refractivity contribution in [2.75, 3.05) is 24.6 Å². The van der Waals surface area contributed by atoms with Crippen molar-refractivity contribution in [2.24, 2.45) is 5.92 Å². The minimum absolute atomic E-state index is 0.0197. The number of carbonyl (C=O) groups excluding carboxylic acids is 1. The fourth-order valence-corrected chi connectivity index (χ4v) is 3.06. The van der Waals surface area contributed by atoms with E-state index in [0.29, 0.717) is 6.42 Å². The topological polar surface area (TPSA) is 69.6 Å². The number of carboxylic acid groups (broad SMARTS) is 1. The summed E-state index contributed by atoms with van der Waals surface area (Å²) in [5.41, 5.74) is 0. The first kappa shape index (κ1) is 17.1. The molecule has 2 unspecified atom stereocenters. The van der Waals surface area contributed by atoms with Gasteiger partial charge in [0.1, 0.15) is 0 Å². The van der Waals surface area contributed by atoms with Gasteiger partial charge >= 0.3 is 12.0 Å². The average molecular weight is 302 g/mol. The number of amides is 2. The number of rotatable bonds is 6. The average Bonchev–Trinajstić information content (AvgIpc) is 2.67. The number of urea groups is 1. The Morgan fingerprint density at radius 1 is 1.25 bits per heavy atom. The van der Waals surface area contributed by atoms with Gasteiger partial charge in [-0.3, -0.25) is 4.79 Å². The lowest BCUT2D eigenvalue weighted by molar-refractivity contribution is -0.141. The summed E-state index contributed by atoms with van der Waals surface area (Å²) in [7, 11) is 0. The molecular weight excluding hydrogens is 276 g/mol. The van der Waals surface area contributed by atoms with Crippen LogP contribution >= 0.6 is 11.8 Å². The van der Waals surface area contributed by atoms with E-state index in [1.807, 2.05) is 23.6 Å². The lowest BCUT2D eigenvalue weighted by Gasteiger charge is -2.23. The molecule has 0 aromatic heterocycles. The van der Waals surface area contributed by atoms with Gasteiger partial charge in [0.15, 0.2) is 0 Å². The fraction of sp³-hybridized carbons (Fsp3) is 0.857. The Morgan fingerprint density at radius 2 is 2.00 bits per heavy atom. The molecule has 1 fully saturated rings. The Morgan fingerprint density at radius 3 is 2.70 bits per heavy atom. The van der Waals surface area contributed by atoms with Crippen molar-refractivity contribution in [1.29, 1.82) is 0 Å². The summed E-state index contributed by atoms with van der Waals surface area (Å²) in [5.74, 6) is 1.09. The van der Waals surface area contributed by atoms with Gasteiger partial charge < -0.3 is 15.3 Å². The summed E-state index contributed by atoms with van der Waals surface area (Å²) in [6.07, 6.45) is 3.37. The smallest absolute Gasteiger partial charge is 0.317 e. The van der Waals surface area contributed by atoms with Gasteiger partial charge in [-0.25, -0.2) is 4.79 Å². The second kappa shape index (κ2) is 9.10. The molecule has 5 nitrogen and oxygen atoms in total. The number of aliphatic carboxylic acids is 1. The van der Waals surface area contributed by atoms with E-state index in [4.69, 9.17) is 5.11 Å². The van der Waals surface area contributed by atoms with E-state index >= 15 is 0 Å². The van der Waals surface area contributed by atoms with Gasteiger partial charge in [-0.1, -0.05) is 13.3 Å². The monoisotopic (exact) mass is 302 g/mol. The molecule has 0 spiro atoms. The molecule has 0 saturated carbocycles. The molecule has 1 heterocycles. The fourth-order valence-electron chi connectivity index (χ4n) is 2.18. The first-order valence-corrected chi connectivity index (χ1v) is 8.52. The highest BCUT2D eigenvalue weighted by Crippen LogP contribution is 2.12. The Bertz CT molecular complexity index is 318. The molecule has 2 atom stereocenters. The molecule has 2 N–H and O–H groups in total. The number of thioether (sulfide) groups is 1. The van der Waals surface area contributed by atoms with Crippen LogP contribution in [0, 0.1) is 5.92 Å². The first-order chi connectivity index (χ1) is 9.50. The molecule has 6 heteroatoms.